The predicted molar refractivity (Wildman–Crippen MR) is 103 cm³/mol. The lowest BCUT2D eigenvalue weighted by Crippen LogP contribution is -2.40. The van der Waals surface area contributed by atoms with Crippen LogP contribution in [-0.2, 0) is 21.2 Å². The van der Waals surface area contributed by atoms with Crippen LogP contribution >= 0.6 is 0 Å². The molecule has 0 atom stereocenters. The highest BCUT2D eigenvalue weighted by atomic mass is 32.2. The summed E-state index contributed by atoms with van der Waals surface area (Å²) in [6.45, 7) is -0.204. The average molecular weight is 412 g/mol. The molecular weight excluding hydrogens is 390 g/mol. The number of benzene rings is 2. The summed E-state index contributed by atoms with van der Waals surface area (Å²) in [5.74, 6) is -2.08. The maximum atomic E-state index is 13.4. The molecule has 0 aliphatic heterocycles. The number of methoxy groups -OCH3 is 1. The normalized spacial score (nSPS) is 11.1. The summed E-state index contributed by atoms with van der Waals surface area (Å²) in [6, 6.07) is 10.2. The Labute approximate surface area is 163 Å². The average Bonchev–Trinajstić information content (AvgIpc) is 2.65. The summed E-state index contributed by atoms with van der Waals surface area (Å²) in [5, 5.41) is 2.64. The zero-order valence-corrected chi connectivity index (χ0v) is 16.4. The number of carbonyl (C=O) groups excluding carboxylic acids is 1. The second-order valence-corrected chi connectivity index (χ2v) is 8.04. The molecule has 0 heterocycles. The van der Waals surface area contributed by atoms with Gasteiger partial charge in [-0.25, -0.2) is 17.2 Å². The fourth-order valence-corrected chi connectivity index (χ4v) is 3.49. The van der Waals surface area contributed by atoms with Crippen LogP contribution < -0.4 is 14.4 Å². The van der Waals surface area contributed by atoms with E-state index in [1.54, 1.807) is 7.11 Å². The van der Waals surface area contributed by atoms with Crippen molar-refractivity contribution in [2.75, 3.05) is 30.8 Å². The largest absolute Gasteiger partial charge is 0.496 e. The van der Waals surface area contributed by atoms with E-state index in [4.69, 9.17) is 4.74 Å². The predicted octanol–water partition coefficient (Wildman–Crippen LogP) is 2.49. The van der Waals surface area contributed by atoms with Crippen LogP contribution in [0.15, 0.2) is 42.5 Å². The van der Waals surface area contributed by atoms with Crippen molar-refractivity contribution < 1.29 is 26.7 Å². The summed E-state index contributed by atoms with van der Waals surface area (Å²) in [4.78, 5) is 12.2. The molecule has 0 aliphatic carbocycles. The second-order valence-electron chi connectivity index (χ2n) is 6.13. The van der Waals surface area contributed by atoms with E-state index in [1.165, 1.54) is 0 Å². The molecule has 1 amide bonds. The molecule has 0 aromatic heterocycles. The molecule has 28 heavy (non-hydrogen) atoms. The van der Waals surface area contributed by atoms with Crippen LogP contribution in [0, 0.1) is 11.6 Å². The lowest BCUT2D eigenvalue weighted by molar-refractivity contribution is -0.119. The molecule has 6 nitrogen and oxygen atoms in total. The number of anilines is 1. The molecule has 2 rings (SSSR count). The zero-order chi connectivity index (χ0) is 20.7. The summed E-state index contributed by atoms with van der Waals surface area (Å²) in [7, 11) is -2.28. The lowest BCUT2D eigenvalue weighted by atomic mass is 10.1. The number of ether oxygens (including phenoxy) is 1. The maximum Gasteiger partial charge on any atom is 0.240 e. The molecule has 0 fully saturated rings. The first-order valence-electron chi connectivity index (χ1n) is 8.53. The second kappa shape index (κ2) is 9.50. The number of sulfonamides is 1. The standard InChI is InChI=1S/C19H22F2N2O4S/c1-27-18-8-4-3-6-14(18)7-5-11-22-19(24)13-23(28(2,25)26)15-9-10-16(20)17(21)12-15/h3-4,6,8-10,12H,5,7,11,13H2,1-2H3,(H,22,24). The van der Waals surface area contributed by atoms with Crippen LogP contribution in [0.3, 0.4) is 0 Å². The molecule has 2 aromatic rings. The number of halogens is 2. The highest BCUT2D eigenvalue weighted by molar-refractivity contribution is 7.92. The number of aryl methyl sites for hydroxylation is 1. The Bertz CT molecular complexity index is 935. The van der Waals surface area contributed by atoms with E-state index in [0.717, 1.165) is 40.1 Å². The van der Waals surface area contributed by atoms with Crippen molar-refractivity contribution in [1.82, 2.24) is 5.32 Å². The SMILES string of the molecule is COc1ccccc1CCCNC(=O)CN(c1ccc(F)c(F)c1)S(C)(=O)=O. The summed E-state index contributed by atoms with van der Waals surface area (Å²) < 4.78 is 56.4. The van der Waals surface area contributed by atoms with E-state index in [1.807, 2.05) is 24.3 Å². The van der Waals surface area contributed by atoms with Crippen molar-refractivity contribution in [2.24, 2.45) is 0 Å². The van der Waals surface area contributed by atoms with Gasteiger partial charge >= 0.3 is 0 Å². The molecule has 0 saturated heterocycles. The Morgan fingerprint density at radius 2 is 1.86 bits per heavy atom. The van der Waals surface area contributed by atoms with Gasteiger partial charge in [0.1, 0.15) is 12.3 Å². The Morgan fingerprint density at radius 1 is 1.14 bits per heavy atom. The van der Waals surface area contributed by atoms with Gasteiger partial charge < -0.3 is 10.1 Å². The van der Waals surface area contributed by atoms with Gasteiger partial charge in [-0.2, -0.15) is 0 Å². The number of para-hydroxylation sites is 1. The van der Waals surface area contributed by atoms with Gasteiger partial charge in [-0.05, 0) is 36.6 Å². The Morgan fingerprint density at radius 3 is 2.50 bits per heavy atom. The third-order valence-electron chi connectivity index (χ3n) is 4.02. The fraction of sp³-hybridized carbons (Fsp3) is 0.316. The minimum Gasteiger partial charge on any atom is -0.496 e. The van der Waals surface area contributed by atoms with E-state index in [0.29, 0.717) is 19.4 Å². The van der Waals surface area contributed by atoms with Gasteiger partial charge in [0.25, 0.3) is 0 Å². The monoisotopic (exact) mass is 412 g/mol. The van der Waals surface area contributed by atoms with Gasteiger partial charge in [0.2, 0.25) is 15.9 Å². The molecular formula is C19H22F2N2O4S. The van der Waals surface area contributed by atoms with Crippen LogP contribution in [0.4, 0.5) is 14.5 Å². The minimum atomic E-state index is -3.86. The first kappa shape index (κ1) is 21.6. The van der Waals surface area contributed by atoms with Crippen LogP contribution in [0.25, 0.3) is 0 Å². The van der Waals surface area contributed by atoms with Crippen LogP contribution in [0.2, 0.25) is 0 Å². The van der Waals surface area contributed by atoms with Crippen LogP contribution in [0.5, 0.6) is 5.75 Å². The number of carbonyl (C=O) groups is 1. The molecule has 0 saturated carbocycles. The molecule has 0 unspecified atom stereocenters. The van der Waals surface area contributed by atoms with Gasteiger partial charge in [-0.15, -0.1) is 0 Å². The number of amides is 1. The summed E-state index contributed by atoms with van der Waals surface area (Å²) in [5.41, 5.74) is 0.879. The molecule has 0 radical (unpaired) electrons. The summed E-state index contributed by atoms with van der Waals surface area (Å²) in [6.07, 6.45) is 2.18. The van der Waals surface area contributed by atoms with E-state index in [-0.39, 0.29) is 5.69 Å². The van der Waals surface area contributed by atoms with Gasteiger partial charge in [0, 0.05) is 12.6 Å². The highest BCUT2D eigenvalue weighted by Crippen LogP contribution is 2.20. The van der Waals surface area contributed by atoms with Gasteiger partial charge in [0.05, 0.1) is 19.1 Å². The van der Waals surface area contributed by atoms with Crippen molar-refractivity contribution in [3.8, 4) is 5.75 Å². The van der Waals surface area contributed by atoms with Crippen molar-refractivity contribution >= 4 is 21.6 Å². The Kier molecular flexibility index (Phi) is 7.33. The number of nitrogens with zero attached hydrogens (tertiary/aromatic N) is 1. The quantitative estimate of drug-likeness (QED) is 0.642. The first-order chi connectivity index (χ1) is 13.2. The van der Waals surface area contributed by atoms with Crippen molar-refractivity contribution in [1.29, 1.82) is 0 Å². The van der Waals surface area contributed by atoms with Crippen molar-refractivity contribution in [3.63, 3.8) is 0 Å². The highest BCUT2D eigenvalue weighted by Gasteiger charge is 2.21. The molecule has 2 aromatic carbocycles. The number of rotatable bonds is 9. The number of hydrogen-bond donors (Lipinski definition) is 1. The van der Waals surface area contributed by atoms with E-state index < -0.39 is 34.1 Å². The zero-order valence-electron chi connectivity index (χ0n) is 15.6. The van der Waals surface area contributed by atoms with Gasteiger partial charge in [0.15, 0.2) is 11.6 Å². The maximum absolute atomic E-state index is 13.4. The fourth-order valence-electron chi connectivity index (χ4n) is 2.64. The van der Waals surface area contributed by atoms with Crippen LogP contribution in [0.1, 0.15) is 12.0 Å². The molecule has 1 N–H and O–H groups in total. The Balaban J connectivity index is 1.94. The van der Waals surface area contributed by atoms with Gasteiger partial charge in [-0.1, -0.05) is 18.2 Å². The molecule has 0 spiro atoms. The van der Waals surface area contributed by atoms with E-state index in [9.17, 15) is 22.0 Å². The van der Waals surface area contributed by atoms with Gasteiger partial charge in [-0.3, -0.25) is 9.10 Å². The van der Waals surface area contributed by atoms with E-state index in [2.05, 4.69) is 5.32 Å². The third-order valence-corrected chi connectivity index (χ3v) is 5.16. The van der Waals surface area contributed by atoms with E-state index >= 15 is 0 Å². The Hall–Kier alpha value is -2.68. The topological polar surface area (TPSA) is 75.7 Å². The lowest BCUT2D eigenvalue weighted by Gasteiger charge is -2.22. The molecule has 0 bridgehead atoms. The van der Waals surface area contributed by atoms with Crippen molar-refractivity contribution in [3.05, 3.63) is 59.7 Å². The molecule has 152 valence electrons. The number of hydrogen-bond acceptors (Lipinski definition) is 4. The molecule has 0 aliphatic rings. The van der Waals surface area contributed by atoms with Crippen LogP contribution in [-0.4, -0.2) is 40.8 Å². The minimum absolute atomic E-state index is 0.120. The number of nitrogens with one attached hydrogen (secondary N) is 1. The van der Waals surface area contributed by atoms with Crippen molar-refractivity contribution in [2.45, 2.75) is 12.8 Å². The third kappa shape index (κ3) is 5.91. The smallest absolute Gasteiger partial charge is 0.240 e. The summed E-state index contributed by atoms with van der Waals surface area (Å²) >= 11 is 0. The first-order valence-corrected chi connectivity index (χ1v) is 10.4. The molecule has 9 heteroatoms.